The van der Waals surface area contributed by atoms with Gasteiger partial charge in [-0.15, -0.1) is 0 Å². The first-order valence-electron chi connectivity index (χ1n) is 6.35. The van der Waals surface area contributed by atoms with Crippen molar-refractivity contribution in [3.8, 4) is 0 Å². The molecule has 1 rings (SSSR count). The summed E-state index contributed by atoms with van der Waals surface area (Å²) >= 11 is 0. The molecule has 7 heteroatoms. The smallest absolute Gasteiger partial charge is 0.273 e. The highest BCUT2D eigenvalue weighted by Gasteiger charge is 2.19. The zero-order valence-electron chi connectivity index (χ0n) is 12.2. The summed E-state index contributed by atoms with van der Waals surface area (Å²) in [6, 6.07) is 9.38. The number of amides is 2. The van der Waals surface area contributed by atoms with E-state index in [1.807, 2.05) is 30.3 Å². The summed E-state index contributed by atoms with van der Waals surface area (Å²) in [4.78, 5) is 42.8. The van der Waals surface area contributed by atoms with Crippen LogP contribution in [0.15, 0.2) is 30.3 Å². The first-order chi connectivity index (χ1) is 9.91. The predicted molar refractivity (Wildman–Crippen MR) is 73.5 cm³/mol. The summed E-state index contributed by atoms with van der Waals surface area (Å²) in [7, 11) is 2.71. The molecule has 0 aliphatic heterocycles. The Balaban J connectivity index is 2.32. The second-order valence-corrected chi connectivity index (χ2v) is 4.36. The Bertz CT molecular complexity index is 503. The van der Waals surface area contributed by atoms with Gasteiger partial charge in [0.15, 0.2) is 0 Å². The van der Waals surface area contributed by atoms with Crippen molar-refractivity contribution in [1.29, 1.82) is 0 Å². The molecule has 21 heavy (non-hydrogen) atoms. The van der Waals surface area contributed by atoms with Crippen molar-refractivity contribution in [2.75, 3.05) is 14.1 Å². The van der Waals surface area contributed by atoms with Crippen molar-refractivity contribution >= 4 is 18.0 Å². The van der Waals surface area contributed by atoms with Gasteiger partial charge in [-0.05, 0) is 12.0 Å². The van der Waals surface area contributed by atoms with Gasteiger partial charge in [-0.3, -0.25) is 9.80 Å². The molecular weight excluding hydrogens is 276 g/mol. The Morgan fingerprint density at radius 1 is 1.00 bits per heavy atom. The number of carbonyl (C=O) groups is 3. The van der Waals surface area contributed by atoms with E-state index in [1.54, 1.807) is 0 Å². The Morgan fingerprint density at radius 2 is 1.62 bits per heavy atom. The number of carbonyl (C=O) groups excluding carboxylic acids is 3. The molecule has 0 aliphatic carbocycles. The van der Waals surface area contributed by atoms with E-state index in [1.165, 1.54) is 21.0 Å². The summed E-state index contributed by atoms with van der Waals surface area (Å²) in [6.45, 7) is 1.29. The lowest BCUT2D eigenvalue weighted by atomic mass is 10.1. The molecule has 2 amide bonds. The topological polar surface area (TPSA) is 76.2 Å². The maximum Gasteiger partial charge on any atom is 0.471 e. The van der Waals surface area contributed by atoms with Crippen LogP contribution in [0.25, 0.3) is 0 Å². The Hall–Kier alpha value is -2.57. The quantitative estimate of drug-likeness (QED) is 0.624. The third kappa shape index (κ3) is 5.52. The summed E-state index contributed by atoms with van der Waals surface area (Å²) in [5.41, 5.74) is 0.981. The van der Waals surface area contributed by atoms with Crippen LogP contribution in [0.2, 0.25) is 0 Å². The number of aryl methyl sites for hydroxylation is 1. The van der Waals surface area contributed by atoms with Gasteiger partial charge in [0.05, 0.1) is 6.42 Å². The van der Waals surface area contributed by atoms with E-state index in [-0.39, 0.29) is 12.3 Å². The van der Waals surface area contributed by atoms with Crippen molar-refractivity contribution < 1.29 is 24.2 Å². The van der Waals surface area contributed by atoms with Crippen LogP contribution in [-0.4, -0.2) is 42.1 Å². The number of nitrogens with zero attached hydrogens (tertiary/aromatic N) is 2. The average molecular weight is 294 g/mol. The predicted octanol–water partition coefficient (Wildman–Crippen LogP) is 1.54. The monoisotopic (exact) mass is 294 g/mol. The lowest BCUT2D eigenvalue weighted by Crippen LogP contribution is -2.44. The highest BCUT2D eigenvalue weighted by atomic mass is 17.2. The van der Waals surface area contributed by atoms with E-state index < -0.39 is 12.1 Å². The highest BCUT2D eigenvalue weighted by molar-refractivity contribution is 5.77. The normalized spacial score (nSPS) is 9.67. The van der Waals surface area contributed by atoms with E-state index in [0.29, 0.717) is 6.42 Å². The number of rotatable bonds is 3. The van der Waals surface area contributed by atoms with Gasteiger partial charge in [0.2, 0.25) is 5.91 Å². The Kier molecular flexibility index (Phi) is 6.19. The standard InChI is InChI=1S/C14H18N2O5/c1-11(17)15(2)16(3)14(19)21-20-13(18)10-9-12-7-5-4-6-8-12/h4-8H,9-10H2,1-3H3. The molecule has 0 fully saturated rings. The summed E-state index contributed by atoms with van der Waals surface area (Å²) < 4.78 is 0. The van der Waals surface area contributed by atoms with Crippen molar-refractivity contribution in [1.82, 2.24) is 10.0 Å². The molecule has 0 heterocycles. The molecule has 0 aromatic heterocycles. The van der Waals surface area contributed by atoms with Crippen LogP contribution in [0.4, 0.5) is 4.79 Å². The van der Waals surface area contributed by atoms with Gasteiger partial charge in [-0.25, -0.2) is 24.4 Å². The molecule has 114 valence electrons. The molecule has 0 N–H and O–H groups in total. The molecule has 1 aromatic rings. The third-order valence-electron chi connectivity index (χ3n) is 2.84. The fourth-order valence-corrected chi connectivity index (χ4v) is 1.40. The molecule has 7 nitrogen and oxygen atoms in total. The molecule has 0 radical (unpaired) electrons. The van der Waals surface area contributed by atoms with Crippen LogP contribution >= 0.6 is 0 Å². The first-order valence-corrected chi connectivity index (χ1v) is 6.35. The van der Waals surface area contributed by atoms with Crippen molar-refractivity contribution in [3.05, 3.63) is 35.9 Å². The summed E-state index contributed by atoms with van der Waals surface area (Å²) in [5.74, 6) is -1.02. The fraction of sp³-hybridized carbons (Fsp3) is 0.357. The van der Waals surface area contributed by atoms with E-state index in [2.05, 4.69) is 9.78 Å². The van der Waals surface area contributed by atoms with Crippen LogP contribution in [0.1, 0.15) is 18.9 Å². The number of hydrogen-bond donors (Lipinski definition) is 0. The van der Waals surface area contributed by atoms with Gasteiger partial charge >= 0.3 is 12.1 Å². The lowest BCUT2D eigenvalue weighted by molar-refractivity contribution is -0.241. The second kappa shape index (κ2) is 7.88. The van der Waals surface area contributed by atoms with Crippen LogP contribution in [0.3, 0.4) is 0 Å². The molecule has 0 unspecified atom stereocenters. The summed E-state index contributed by atoms with van der Waals surface area (Å²) in [6.07, 6.45) is -0.384. The molecule has 0 aliphatic rings. The summed E-state index contributed by atoms with van der Waals surface area (Å²) in [5, 5.41) is 1.92. The molecule has 0 bridgehead atoms. The van der Waals surface area contributed by atoms with Gasteiger partial charge < -0.3 is 0 Å². The molecule has 0 spiro atoms. The van der Waals surface area contributed by atoms with Gasteiger partial charge in [0.1, 0.15) is 0 Å². The Morgan fingerprint density at radius 3 is 2.19 bits per heavy atom. The third-order valence-corrected chi connectivity index (χ3v) is 2.84. The minimum absolute atomic E-state index is 0.0869. The first kappa shape index (κ1) is 16.5. The van der Waals surface area contributed by atoms with Crippen molar-refractivity contribution in [3.63, 3.8) is 0 Å². The van der Waals surface area contributed by atoms with E-state index in [0.717, 1.165) is 15.6 Å². The van der Waals surface area contributed by atoms with Crippen LogP contribution < -0.4 is 0 Å². The molecule has 0 saturated carbocycles. The van der Waals surface area contributed by atoms with Crippen molar-refractivity contribution in [2.45, 2.75) is 19.8 Å². The maximum atomic E-state index is 11.5. The number of hydrogen-bond acceptors (Lipinski definition) is 5. The maximum absolute atomic E-state index is 11.5. The molecular formula is C14H18N2O5. The van der Waals surface area contributed by atoms with E-state index >= 15 is 0 Å². The van der Waals surface area contributed by atoms with Gasteiger partial charge in [-0.1, -0.05) is 30.3 Å². The molecule has 0 saturated heterocycles. The number of hydrazine groups is 1. The van der Waals surface area contributed by atoms with Crippen molar-refractivity contribution in [2.24, 2.45) is 0 Å². The minimum Gasteiger partial charge on any atom is -0.273 e. The van der Waals surface area contributed by atoms with Crippen LogP contribution in [0, 0.1) is 0 Å². The van der Waals surface area contributed by atoms with Gasteiger partial charge in [-0.2, -0.15) is 0 Å². The van der Waals surface area contributed by atoms with Gasteiger partial charge in [0, 0.05) is 21.0 Å². The van der Waals surface area contributed by atoms with E-state index in [9.17, 15) is 14.4 Å². The molecule has 1 aromatic carbocycles. The lowest BCUT2D eigenvalue weighted by Gasteiger charge is -2.24. The SMILES string of the molecule is CC(=O)N(C)N(C)C(=O)OOC(=O)CCc1ccccc1. The van der Waals surface area contributed by atoms with Crippen LogP contribution in [0.5, 0.6) is 0 Å². The zero-order valence-corrected chi connectivity index (χ0v) is 12.2. The molecule has 0 atom stereocenters. The van der Waals surface area contributed by atoms with Gasteiger partial charge in [0.25, 0.3) is 0 Å². The second-order valence-electron chi connectivity index (χ2n) is 4.36. The fourth-order valence-electron chi connectivity index (χ4n) is 1.40. The highest BCUT2D eigenvalue weighted by Crippen LogP contribution is 2.04. The average Bonchev–Trinajstić information content (AvgIpc) is 2.49. The Labute approximate surface area is 122 Å². The zero-order chi connectivity index (χ0) is 15.8. The largest absolute Gasteiger partial charge is 0.471 e. The number of benzene rings is 1. The minimum atomic E-state index is -0.958. The van der Waals surface area contributed by atoms with E-state index in [4.69, 9.17) is 0 Å². The van der Waals surface area contributed by atoms with Crippen LogP contribution in [-0.2, 0) is 25.8 Å².